The second-order valence-corrected chi connectivity index (χ2v) is 4.09. The highest BCUT2D eigenvalue weighted by Gasteiger charge is 2.08. The van der Waals surface area contributed by atoms with Crippen molar-refractivity contribution in [1.29, 1.82) is 0 Å². The van der Waals surface area contributed by atoms with Crippen LogP contribution in [0.2, 0.25) is 5.15 Å². The Morgan fingerprint density at radius 3 is 2.67 bits per heavy atom. The summed E-state index contributed by atoms with van der Waals surface area (Å²) in [6, 6.07) is 7.55. The van der Waals surface area contributed by atoms with Crippen LogP contribution < -0.4 is 0 Å². The Morgan fingerprint density at radius 2 is 1.89 bits per heavy atom. The standard InChI is InChI=1S/C13H9ClN4/c14-12-10(4-2-6-16-12)13-17-8-11(18-13)9-3-1-5-15-7-9/h1-8H,(H,17,18). The molecule has 0 saturated heterocycles. The zero-order chi connectivity index (χ0) is 12.4. The third kappa shape index (κ3) is 1.98. The van der Waals surface area contributed by atoms with E-state index in [1.54, 1.807) is 24.8 Å². The maximum absolute atomic E-state index is 6.03. The molecule has 88 valence electrons. The van der Waals surface area contributed by atoms with Gasteiger partial charge in [0.15, 0.2) is 0 Å². The quantitative estimate of drug-likeness (QED) is 0.717. The number of imidazole rings is 1. The van der Waals surface area contributed by atoms with Crippen molar-refractivity contribution in [3.8, 4) is 22.6 Å². The molecule has 0 radical (unpaired) electrons. The van der Waals surface area contributed by atoms with E-state index >= 15 is 0 Å². The van der Waals surface area contributed by atoms with Gasteiger partial charge in [-0.1, -0.05) is 11.6 Å². The van der Waals surface area contributed by atoms with Crippen LogP contribution in [0.4, 0.5) is 0 Å². The molecule has 5 heteroatoms. The molecule has 18 heavy (non-hydrogen) atoms. The van der Waals surface area contributed by atoms with Gasteiger partial charge in [0.1, 0.15) is 11.0 Å². The summed E-state index contributed by atoms with van der Waals surface area (Å²) < 4.78 is 0. The number of nitrogens with one attached hydrogen (secondary N) is 1. The van der Waals surface area contributed by atoms with Gasteiger partial charge in [0.2, 0.25) is 0 Å². The maximum atomic E-state index is 6.03. The minimum atomic E-state index is 0.435. The number of pyridine rings is 2. The molecule has 0 saturated carbocycles. The minimum Gasteiger partial charge on any atom is -0.338 e. The summed E-state index contributed by atoms with van der Waals surface area (Å²) in [7, 11) is 0. The van der Waals surface area contributed by atoms with Crippen LogP contribution in [0.25, 0.3) is 22.6 Å². The average Bonchev–Trinajstić information content (AvgIpc) is 2.90. The molecule has 0 aromatic carbocycles. The van der Waals surface area contributed by atoms with Crippen LogP contribution in [-0.4, -0.2) is 19.9 Å². The molecule has 0 amide bonds. The van der Waals surface area contributed by atoms with Crippen molar-refractivity contribution >= 4 is 11.6 Å². The number of hydrogen-bond acceptors (Lipinski definition) is 3. The van der Waals surface area contributed by atoms with Gasteiger partial charge in [-0.05, 0) is 24.3 Å². The third-order valence-electron chi connectivity index (χ3n) is 2.56. The van der Waals surface area contributed by atoms with Crippen LogP contribution in [0, 0.1) is 0 Å². The lowest BCUT2D eigenvalue weighted by atomic mass is 10.2. The lowest BCUT2D eigenvalue weighted by Gasteiger charge is -1.99. The minimum absolute atomic E-state index is 0.435. The molecular weight excluding hydrogens is 248 g/mol. The number of hydrogen-bond donors (Lipinski definition) is 1. The highest BCUT2D eigenvalue weighted by Crippen LogP contribution is 2.25. The maximum Gasteiger partial charge on any atom is 0.140 e. The summed E-state index contributed by atoms with van der Waals surface area (Å²) in [5.41, 5.74) is 2.67. The smallest absolute Gasteiger partial charge is 0.140 e. The Bertz CT molecular complexity index is 664. The number of H-pyrrole nitrogens is 1. The number of halogens is 1. The lowest BCUT2D eigenvalue weighted by Crippen LogP contribution is -1.85. The van der Waals surface area contributed by atoms with E-state index in [0.717, 1.165) is 16.8 Å². The van der Waals surface area contributed by atoms with Gasteiger partial charge in [-0.25, -0.2) is 9.97 Å². The summed E-state index contributed by atoms with van der Waals surface area (Å²) >= 11 is 6.03. The molecule has 3 aromatic heterocycles. The van der Waals surface area contributed by atoms with Gasteiger partial charge < -0.3 is 4.98 Å². The van der Waals surface area contributed by atoms with E-state index in [1.165, 1.54) is 0 Å². The molecule has 0 aliphatic rings. The van der Waals surface area contributed by atoms with Gasteiger partial charge in [-0.15, -0.1) is 0 Å². The highest BCUT2D eigenvalue weighted by molar-refractivity contribution is 6.31. The second kappa shape index (κ2) is 4.58. The molecule has 0 aliphatic carbocycles. The summed E-state index contributed by atoms with van der Waals surface area (Å²) in [4.78, 5) is 15.6. The molecule has 4 nitrogen and oxygen atoms in total. The fourth-order valence-corrected chi connectivity index (χ4v) is 1.90. The van der Waals surface area contributed by atoms with Crippen molar-refractivity contribution in [2.24, 2.45) is 0 Å². The van der Waals surface area contributed by atoms with Crippen molar-refractivity contribution < 1.29 is 0 Å². The number of rotatable bonds is 2. The van der Waals surface area contributed by atoms with E-state index in [0.29, 0.717) is 11.0 Å². The predicted octanol–water partition coefficient (Wildman–Crippen LogP) is 3.19. The lowest BCUT2D eigenvalue weighted by molar-refractivity contribution is 1.26. The van der Waals surface area contributed by atoms with Gasteiger partial charge in [-0.2, -0.15) is 0 Å². The first-order valence-electron chi connectivity index (χ1n) is 5.41. The first-order chi connectivity index (χ1) is 8.84. The van der Waals surface area contributed by atoms with E-state index < -0.39 is 0 Å². The first kappa shape index (κ1) is 10.9. The zero-order valence-corrected chi connectivity index (χ0v) is 10.1. The second-order valence-electron chi connectivity index (χ2n) is 3.73. The normalized spacial score (nSPS) is 10.5. The van der Waals surface area contributed by atoms with Gasteiger partial charge in [0, 0.05) is 24.2 Å². The highest BCUT2D eigenvalue weighted by atomic mass is 35.5. The number of nitrogens with zero attached hydrogens (tertiary/aromatic N) is 3. The van der Waals surface area contributed by atoms with E-state index in [-0.39, 0.29) is 0 Å². The Balaban J connectivity index is 2.03. The Kier molecular flexibility index (Phi) is 2.78. The van der Waals surface area contributed by atoms with Crippen molar-refractivity contribution in [1.82, 2.24) is 19.9 Å². The molecule has 0 bridgehead atoms. The van der Waals surface area contributed by atoms with E-state index in [1.807, 2.05) is 24.3 Å². The fraction of sp³-hybridized carbons (Fsp3) is 0. The Hall–Kier alpha value is -2.20. The van der Waals surface area contributed by atoms with Crippen LogP contribution >= 0.6 is 11.6 Å². The molecule has 0 fully saturated rings. The van der Waals surface area contributed by atoms with Crippen LogP contribution in [0.15, 0.2) is 49.1 Å². The SMILES string of the molecule is Clc1ncccc1-c1ncc(-c2cccnc2)[nH]1. The van der Waals surface area contributed by atoms with E-state index in [9.17, 15) is 0 Å². The Morgan fingerprint density at radius 1 is 1.00 bits per heavy atom. The van der Waals surface area contributed by atoms with Crippen molar-refractivity contribution in [3.63, 3.8) is 0 Å². The van der Waals surface area contributed by atoms with Crippen LogP contribution in [0.1, 0.15) is 0 Å². The average molecular weight is 257 g/mol. The molecule has 3 aromatic rings. The molecule has 3 heterocycles. The fourth-order valence-electron chi connectivity index (χ4n) is 1.69. The predicted molar refractivity (Wildman–Crippen MR) is 70.1 cm³/mol. The molecular formula is C13H9ClN4. The van der Waals surface area contributed by atoms with E-state index in [4.69, 9.17) is 11.6 Å². The monoisotopic (exact) mass is 256 g/mol. The molecule has 1 N–H and O–H groups in total. The zero-order valence-electron chi connectivity index (χ0n) is 9.34. The molecule has 3 rings (SSSR count). The summed E-state index contributed by atoms with van der Waals surface area (Å²) in [5.74, 6) is 0.701. The van der Waals surface area contributed by atoms with E-state index in [2.05, 4.69) is 19.9 Å². The summed E-state index contributed by atoms with van der Waals surface area (Å²) in [6.45, 7) is 0. The topological polar surface area (TPSA) is 54.5 Å². The largest absolute Gasteiger partial charge is 0.338 e. The summed E-state index contributed by atoms with van der Waals surface area (Å²) in [5, 5.41) is 0.435. The molecule has 0 spiro atoms. The Labute approximate surface area is 109 Å². The van der Waals surface area contributed by atoms with Gasteiger partial charge >= 0.3 is 0 Å². The van der Waals surface area contributed by atoms with Crippen molar-refractivity contribution in [3.05, 3.63) is 54.2 Å². The van der Waals surface area contributed by atoms with Crippen molar-refractivity contribution in [2.45, 2.75) is 0 Å². The number of aromatic nitrogens is 4. The van der Waals surface area contributed by atoms with Crippen LogP contribution in [-0.2, 0) is 0 Å². The van der Waals surface area contributed by atoms with Gasteiger partial charge in [0.05, 0.1) is 17.5 Å². The van der Waals surface area contributed by atoms with Crippen molar-refractivity contribution in [2.75, 3.05) is 0 Å². The van der Waals surface area contributed by atoms with Crippen LogP contribution in [0.5, 0.6) is 0 Å². The van der Waals surface area contributed by atoms with Crippen LogP contribution in [0.3, 0.4) is 0 Å². The first-order valence-corrected chi connectivity index (χ1v) is 5.78. The summed E-state index contributed by atoms with van der Waals surface area (Å²) in [6.07, 6.45) is 6.92. The van der Waals surface area contributed by atoms with Gasteiger partial charge in [0.25, 0.3) is 0 Å². The number of aromatic amines is 1. The third-order valence-corrected chi connectivity index (χ3v) is 2.86. The van der Waals surface area contributed by atoms with Gasteiger partial charge in [-0.3, -0.25) is 4.98 Å². The molecule has 0 atom stereocenters. The molecule has 0 aliphatic heterocycles. The molecule has 0 unspecified atom stereocenters.